The Hall–Kier alpha value is -0.780. The molecule has 1 aliphatic heterocycles. The molecule has 3 nitrogen and oxygen atoms in total. The van der Waals surface area contributed by atoms with Gasteiger partial charge in [-0.2, -0.15) is 0 Å². The van der Waals surface area contributed by atoms with Gasteiger partial charge in [0.05, 0.1) is 22.3 Å². The highest BCUT2D eigenvalue weighted by Crippen LogP contribution is 2.33. The summed E-state index contributed by atoms with van der Waals surface area (Å²) in [5, 5.41) is 5.98. The molecule has 7 heteroatoms. The maximum Gasteiger partial charge on any atom is 0.238 e. The molecule has 0 saturated carbocycles. The second-order valence-electron chi connectivity index (χ2n) is 5.12. The van der Waals surface area contributed by atoms with Crippen LogP contribution in [0.3, 0.4) is 0 Å². The minimum Gasteiger partial charge on any atom is -0.322 e. The number of hydrogen-bond donors (Lipinski definition) is 1. The van der Waals surface area contributed by atoms with E-state index in [0.717, 1.165) is 19.5 Å². The van der Waals surface area contributed by atoms with Gasteiger partial charge in [-0.3, -0.25) is 9.69 Å². The quantitative estimate of drug-likeness (QED) is 0.843. The fourth-order valence-corrected chi connectivity index (χ4v) is 4.29. The van der Waals surface area contributed by atoms with Crippen molar-refractivity contribution < 1.29 is 4.79 Å². The number of anilines is 1. The van der Waals surface area contributed by atoms with Gasteiger partial charge in [0, 0.05) is 23.0 Å². The zero-order valence-corrected chi connectivity index (χ0v) is 14.6. The molecule has 0 aliphatic carbocycles. The Morgan fingerprint density at radius 3 is 2.73 bits per heavy atom. The van der Waals surface area contributed by atoms with Crippen molar-refractivity contribution in [2.24, 2.45) is 0 Å². The summed E-state index contributed by atoms with van der Waals surface area (Å²) in [4.78, 5) is 15.8. The van der Waals surface area contributed by atoms with Crippen LogP contribution < -0.4 is 5.32 Å². The summed E-state index contributed by atoms with van der Waals surface area (Å²) in [7, 11) is 0. The molecule has 1 N–H and O–H groups in total. The number of halogens is 3. The van der Waals surface area contributed by atoms with Crippen molar-refractivity contribution >= 4 is 57.7 Å². The van der Waals surface area contributed by atoms with Crippen molar-refractivity contribution in [3.05, 3.63) is 49.1 Å². The maximum absolute atomic E-state index is 12.2. The van der Waals surface area contributed by atoms with E-state index in [2.05, 4.69) is 21.7 Å². The zero-order valence-electron chi connectivity index (χ0n) is 11.5. The summed E-state index contributed by atoms with van der Waals surface area (Å²) in [6, 6.07) is 5.24. The molecule has 3 rings (SSSR count). The van der Waals surface area contributed by atoms with E-state index in [1.165, 1.54) is 10.4 Å². The van der Waals surface area contributed by atoms with E-state index >= 15 is 0 Å². The minimum atomic E-state index is -0.134. The molecule has 1 aliphatic rings. The Morgan fingerprint density at radius 2 is 2.00 bits per heavy atom. The van der Waals surface area contributed by atoms with E-state index in [9.17, 15) is 4.79 Å². The molecule has 2 heterocycles. The van der Waals surface area contributed by atoms with Gasteiger partial charge in [-0.15, -0.1) is 11.3 Å². The van der Waals surface area contributed by atoms with Crippen LogP contribution in [0, 0.1) is 0 Å². The van der Waals surface area contributed by atoms with Crippen LogP contribution in [-0.4, -0.2) is 23.9 Å². The number of rotatable bonds is 3. The van der Waals surface area contributed by atoms with Crippen LogP contribution in [0.5, 0.6) is 0 Å². The Bertz CT molecular complexity index is 694. The molecule has 0 radical (unpaired) electrons. The number of carbonyl (C=O) groups excluding carboxylic acids is 1. The van der Waals surface area contributed by atoms with Gasteiger partial charge < -0.3 is 5.32 Å². The van der Waals surface area contributed by atoms with E-state index in [1.807, 2.05) is 0 Å². The molecule has 116 valence electrons. The number of hydrogen-bond acceptors (Lipinski definition) is 3. The predicted octanol–water partition coefficient (Wildman–Crippen LogP) is 4.71. The number of nitrogens with one attached hydrogen (secondary N) is 1. The first-order valence-corrected chi connectivity index (χ1v) is 8.76. The molecular formula is C15H13Cl3N2OS. The lowest BCUT2D eigenvalue weighted by Gasteiger charge is -2.26. The molecule has 22 heavy (non-hydrogen) atoms. The average molecular weight is 376 g/mol. The summed E-state index contributed by atoms with van der Waals surface area (Å²) < 4.78 is 0. The highest BCUT2D eigenvalue weighted by atomic mass is 35.5. The first kappa shape index (κ1) is 16.1. The molecule has 0 atom stereocenters. The number of benzene rings is 1. The summed E-state index contributed by atoms with van der Waals surface area (Å²) in [6.07, 6.45) is 0.989. The van der Waals surface area contributed by atoms with Gasteiger partial charge in [0.2, 0.25) is 5.91 Å². The van der Waals surface area contributed by atoms with Crippen LogP contribution >= 0.6 is 46.1 Å². The predicted molar refractivity (Wildman–Crippen MR) is 93.4 cm³/mol. The molecule has 0 fully saturated rings. The Balaban J connectivity index is 1.64. The van der Waals surface area contributed by atoms with E-state index in [4.69, 9.17) is 34.8 Å². The van der Waals surface area contributed by atoms with Crippen molar-refractivity contribution in [2.75, 3.05) is 18.4 Å². The molecule has 0 bridgehead atoms. The molecule has 0 spiro atoms. The highest BCUT2D eigenvalue weighted by molar-refractivity contribution is 7.10. The molecule has 2 aromatic rings. The summed E-state index contributed by atoms with van der Waals surface area (Å²) in [5.74, 6) is -0.134. The molecule has 1 amide bonds. The van der Waals surface area contributed by atoms with Gasteiger partial charge in [-0.25, -0.2) is 0 Å². The Kier molecular flexibility index (Phi) is 4.95. The van der Waals surface area contributed by atoms with Crippen LogP contribution in [0.15, 0.2) is 23.6 Å². The third-order valence-corrected chi connectivity index (χ3v) is 5.36. The molecule has 1 aromatic carbocycles. The highest BCUT2D eigenvalue weighted by Gasteiger charge is 2.20. The second-order valence-corrected chi connectivity index (χ2v) is 7.37. The van der Waals surface area contributed by atoms with Crippen molar-refractivity contribution in [1.29, 1.82) is 0 Å². The van der Waals surface area contributed by atoms with Crippen molar-refractivity contribution in [1.82, 2.24) is 4.90 Å². The SMILES string of the molecule is O=C(CN1CCc2sccc2C1)Nc1c(Cl)cc(Cl)cc1Cl. The summed E-state index contributed by atoms with van der Waals surface area (Å²) in [5.41, 5.74) is 1.72. The molecular weight excluding hydrogens is 363 g/mol. The lowest BCUT2D eigenvalue weighted by Crippen LogP contribution is -2.36. The smallest absolute Gasteiger partial charge is 0.238 e. The van der Waals surface area contributed by atoms with Crippen molar-refractivity contribution in [3.8, 4) is 0 Å². The lowest BCUT2D eigenvalue weighted by atomic mass is 10.1. The van der Waals surface area contributed by atoms with E-state index in [1.54, 1.807) is 23.5 Å². The van der Waals surface area contributed by atoms with Crippen LogP contribution in [0.25, 0.3) is 0 Å². The zero-order chi connectivity index (χ0) is 15.7. The summed E-state index contributed by atoms with van der Waals surface area (Å²) in [6.45, 7) is 1.99. The number of amides is 1. The average Bonchev–Trinajstić information content (AvgIpc) is 2.90. The monoisotopic (exact) mass is 374 g/mol. The van der Waals surface area contributed by atoms with Gasteiger partial charge >= 0.3 is 0 Å². The maximum atomic E-state index is 12.2. The minimum absolute atomic E-state index is 0.134. The Morgan fingerprint density at radius 1 is 1.27 bits per heavy atom. The largest absolute Gasteiger partial charge is 0.322 e. The van der Waals surface area contributed by atoms with Crippen LogP contribution in [0.4, 0.5) is 5.69 Å². The second kappa shape index (κ2) is 6.77. The van der Waals surface area contributed by atoms with Crippen molar-refractivity contribution in [2.45, 2.75) is 13.0 Å². The van der Waals surface area contributed by atoms with Gasteiger partial charge in [0.15, 0.2) is 0 Å². The Labute approximate surface area is 147 Å². The van der Waals surface area contributed by atoms with Gasteiger partial charge in [0.1, 0.15) is 0 Å². The normalized spacial score (nSPS) is 14.7. The van der Waals surface area contributed by atoms with Gasteiger partial charge in [-0.1, -0.05) is 34.8 Å². The van der Waals surface area contributed by atoms with Crippen LogP contribution in [0.2, 0.25) is 15.1 Å². The first-order valence-electron chi connectivity index (χ1n) is 6.75. The fraction of sp³-hybridized carbons (Fsp3) is 0.267. The van der Waals surface area contributed by atoms with Crippen molar-refractivity contribution in [3.63, 3.8) is 0 Å². The number of carbonyl (C=O) groups is 1. The van der Waals surface area contributed by atoms with Gasteiger partial charge in [-0.05, 0) is 35.6 Å². The molecule has 0 unspecified atom stereocenters. The van der Waals surface area contributed by atoms with Gasteiger partial charge in [0.25, 0.3) is 0 Å². The van der Waals surface area contributed by atoms with E-state index < -0.39 is 0 Å². The first-order chi connectivity index (χ1) is 10.5. The third-order valence-electron chi connectivity index (χ3n) is 3.53. The number of thiophene rings is 1. The van der Waals surface area contributed by atoms with Crippen LogP contribution in [-0.2, 0) is 17.8 Å². The molecule has 1 aromatic heterocycles. The fourth-order valence-electron chi connectivity index (χ4n) is 2.49. The van der Waals surface area contributed by atoms with E-state index in [-0.39, 0.29) is 5.91 Å². The number of fused-ring (bicyclic) bond motifs is 1. The number of nitrogens with zero attached hydrogens (tertiary/aromatic N) is 1. The lowest BCUT2D eigenvalue weighted by molar-refractivity contribution is -0.117. The molecule has 0 saturated heterocycles. The third kappa shape index (κ3) is 3.58. The topological polar surface area (TPSA) is 32.3 Å². The standard InChI is InChI=1S/C15H13Cl3N2OS/c16-10-5-11(17)15(12(18)6-10)19-14(21)8-20-3-1-13-9(7-20)2-4-22-13/h2,4-6H,1,3,7-8H2,(H,19,21). The van der Waals surface area contributed by atoms with Crippen LogP contribution in [0.1, 0.15) is 10.4 Å². The summed E-state index contributed by atoms with van der Waals surface area (Å²) >= 11 is 19.8. The van der Waals surface area contributed by atoms with E-state index in [0.29, 0.717) is 27.3 Å².